The van der Waals surface area contributed by atoms with Crippen LogP contribution in [0.4, 0.5) is 5.69 Å². The third kappa shape index (κ3) is 7.99. The Labute approximate surface area is 241 Å². The number of anilines is 1. The zero-order chi connectivity index (χ0) is 29.5. The van der Waals surface area contributed by atoms with Crippen molar-refractivity contribution < 1.29 is 22.7 Å². The number of halogens is 1. The molecule has 8 nitrogen and oxygen atoms in total. The second-order valence-electron chi connectivity index (χ2n) is 10.3. The SMILES string of the molecule is CC[C@@H](C(=O)NC(C)(C)C)N(Cc1ccc(OC)cc1)C(=O)CN(c1cccc(Cl)c1)S(=O)(=O)c1ccccc1. The maximum atomic E-state index is 14.1. The van der Waals surface area contributed by atoms with Gasteiger partial charge in [-0.1, -0.05) is 54.9 Å². The first-order valence-corrected chi connectivity index (χ1v) is 14.8. The van der Waals surface area contributed by atoms with Crippen LogP contribution < -0.4 is 14.4 Å². The molecule has 0 fully saturated rings. The standard InChI is InChI=1S/C30H36ClN3O5S/c1-6-27(29(36)32-30(2,3)4)33(20-22-15-17-25(39-5)18-16-22)28(35)21-34(24-12-10-11-23(31)19-24)40(37,38)26-13-8-7-9-14-26/h7-19,27H,6,20-21H2,1-5H3,(H,32,36)/t27-/m0/s1. The minimum Gasteiger partial charge on any atom is -0.497 e. The average Bonchev–Trinajstić information content (AvgIpc) is 2.91. The molecule has 0 aliphatic carbocycles. The molecule has 0 saturated heterocycles. The summed E-state index contributed by atoms with van der Waals surface area (Å²) in [4.78, 5) is 28.9. The van der Waals surface area contributed by atoms with Gasteiger partial charge < -0.3 is 15.0 Å². The maximum absolute atomic E-state index is 14.1. The Balaban J connectivity index is 2.06. The lowest BCUT2D eigenvalue weighted by molar-refractivity contribution is -0.141. The van der Waals surface area contributed by atoms with E-state index in [0.29, 0.717) is 17.2 Å². The number of nitrogens with zero attached hydrogens (tertiary/aromatic N) is 2. The zero-order valence-electron chi connectivity index (χ0n) is 23.4. The Morgan fingerprint density at radius 3 is 2.17 bits per heavy atom. The van der Waals surface area contributed by atoms with E-state index in [4.69, 9.17) is 16.3 Å². The van der Waals surface area contributed by atoms with Crippen molar-refractivity contribution in [1.82, 2.24) is 10.2 Å². The quantitative estimate of drug-likeness (QED) is 0.331. The molecule has 0 unspecified atom stereocenters. The number of rotatable bonds is 11. The summed E-state index contributed by atoms with van der Waals surface area (Å²) in [5, 5.41) is 3.28. The lowest BCUT2D eigenvalue weighted by Gasteiger charge is -2.34. The van der Waals surface area contributed by atoms with Gasteiger partial charge in [-0.05, 0) is 75.2 Å². The highest BCUT2D eigenvalue weighted by atomic mass is 35.5. The fourth-order valence-electron chi connectivity index (χ4n) is 4.18. The van der Waals surface area contributed by atoms with Crippen molar-refractivity contribution in [2.45, 2.75) is 57.1 Å². The molecule has 0 bridgehead atoms. The summed E-state index contributed by atoms with van der Waals surface area (Å²) < 4.78 is 33.9. The van der Waals surface area contributed by atoms with Crippen LogP contribution in [-0.4, -0.2) is 50.4 Å². The van der Waals surface area contributed by atoms with Crippen molar-refractivity contribution in [2.75, 3.05) is 18.0 Å². The summed E-state index contributed by atoms with van der Waals surface area (Å²) >= 11 is 6.21. The second kappa shape index (κ2) is 13.2. The molecule has 1 N–H and O–H groups in total. The molecule has 10 heteroatoms. The molecule has 0 aliphatic heterocycles. The molecule has 40 heavy (non-hydrogen) atoms. The van der Waals surface area contributed by atoms with Crippen LogP contribution in [0, 0.1) is 0 Å². The third-order valence-corrected chi connectivity index (χ3v) is 8.13. The van der Waals surface area contributed by atoms with E-state index in [9.17, 15) is 18.0 Å². The van der Waals surface area contributed by atoms with Crippen LogP contribution >= 0.6 is 11.6 Å². The number of methoxy groups -OCH3 is 1. The van der Waals surface area contributed by atoms with Gasteiger partial charge in [0, 0.05) is 17.1 Å². The number of ether oxygens (including phenoxy) is 1. The van der Waals surface area contributed by atoms with E-state index in [1.807, 2.05) is 39.8 Å². The van der Waals surface area contributed by atoms with Gasteiger partial charge in [-0.2, -0.15) is 0 Å². The maximum Gasteiger partial charge on any atom is 0.264 e. The van der Waals surface area contributed by atoms with Crippen LogP contribution in [0.3, 0.4) is 0 Å². The van der Waals surface area contributed by atoms with Gasteiger partial charge in [0.15, 0.2) is 0 Å². The number of sulfonamides is 1. The molecule has 0 saturated carbocycles. The van der Waals surface area contributed by atoms with Gasteiger partial charge >= 0.3 is 0 Å². The number of carbonyl (C=O) groups is 2. The van der Waals surface area contributed by atoms with Gasteiger partial charge in [-0.25, -0.2) is 8.42 Å². The van der Waals surface area contributed by atoms with Crippen molar-refractivity contribution in [1.29, 1.82) is 0 Å². The molecule has 3 aromatic rings. The molecule has 0 aromatic heterocycles. The Bertz CT molecular complexity index is 1410. The van der Waals surface area contributed by atoms with Crippen LogP contribution in [-0.2, 0) is 26.2 Å². The predicted octanol–water partition coefficient (Wildman–Crippen LogP) is 5.27. The first-order chi connectivity index (χ1) is 18.9. The largest absolute Gasteiger partial charge is 0.497 e. The topological polar surface area (TPSA) is 96.0 Å². The van der Waals surface area contributed by atoms with E-state index in [-0.39, 0.29) is 23.0 Å². The van der Waals surface area contributed by atoms with E-state index < -0.39 is 34.1 Å². The molecular formula is C30H36ClN3O5S. The molecule has 3 rings (SSSR count). The monoisotopic (exact) mass is 585 g/mol. The Morgan fingerprint density at radius 2 is 1.62 bits per heavy atom. The summed E-state index contributed by atoms with van der Waals surface area (Å²) in [6, 6.07) is 20.5. The van der Waals surface area contributed by atoms with Crippen LogP contribution in [0.15, 0.2) is 83.8 Å². The van der Waals surface area contributed by atoms with Crippen molar-refractivity contribution in [3.63, 3.8) is 0 Å². The van der Waals surface area contributed by atoms with Crippen molar-refractivity contribution in [3.05, 3.63) is 89.4 Å². The Morgan fingerprint density at radius 1 is 0.975 bits per heavy atom. The highest BCUT2D eigenvalue weighted by Gasteiger charge is 2.34. The zero-order valence-corrected chi connectivity index (χ0v) is 25.0. The van der Waals surface area contributed by atoms with Crippen molar-refractivity contribution in [2.24, 2.45) is 0 Å². The smallest absolute Gasteiger partial charge is 0.264 e. The van der Waals surface area contributed by atoms with Crippen LogP contribution in [0.2, 0.25) is 5.02 Å². The number of hydrogen-bond acceptors (Lipinski definition) is 5. The molecule has 0 aliphatic rings. The lowest BCUT2D eigenvalue weighted by atomic mass is 10.1. The lowest BCUT2D eigenvalue weighted by Crippen LogP contribution is -2.55. The van der Waals surface area contributed by atoms with Gasteiger partial charge in [0.1, 0.15) is 18.3 Å². The predicted molar refractivity (Wildman–Crippen MR) is 158 cm³/mol. The van der Waals surface area contributed by atoms with Crippen LogP contribution in [0.1, 0.15) is 39.7 Å². The average molecular weight is 586 g/mol. The van der Waals surface area contributed by atoms with E-state index in [2.05, 4.69) is 5.32 Å². The summed E-state index contributed by atoms with van der Waals surface area (Å²) in [6.45, 7) is 6.96. The highest BCUT2D eigenvalue weighted by Crippen LogP contribution is 2.27. The summed E-state index contributed by atoms with van der Waals surface area (Å²) in [5.41, 5.74) is 0.473. The van der Waals surface area contributed by atoms with Crippen LogP contribution in [0.25, 0.3) is 0 Å². The van der Waals surface area contributed by atoms with Crippen molar-refractivity contribution >= 4 is 39.1 Å². The molecule has 3 aromatic carbocycles. The number of benzene rings is 3. The van der Waals surface area contributed by atoms with Crippen molar-refractivity contribution in [3.8, 4) is 5.75 Å². The van der Waals surface area contributed by atoms with E-state index in [0.717, 1.165) is 9.87 Å². The fraction of sp³-hybridized carbons (Fsp3) is 0.333. The molecule has 0 radical (unpaired) electrons. The Hall–Kier alpha value is -3.56. The van der Waals surface area contributed by atoms with Gasteiger partial charge in [0.25, 0.3) is 10.0 Å². The normalized spacial score (nSPS) is 12.3. The first kappa shape index (κ1) is 31.0. The highest BCUT2D eigenvalue weighted by molar-refractivity contribution is 7.92. The number of carbonyl (C=O) groups excluding carboxylic acids is 2. The number of nitrogens with one attached hydrogen (secondary N) is 1. The van der Waals surface area contributed by atoms with E-state index in [1.165, 1.54) is 23.1 Å². The molecule has 214 valence electrons. The number of amides is 2. The molecule has 0 heterocycles. The minimum absolute atomic E-state index is 0.0296. The van der Waals surface area contributed by atoms with Gasteiger partial charge in [0.05, 0.1) is 17.7 Å². The molecular weight excluding hydrogens is 550 g/mol. The molecule has 0 spiro atoms. The van der Waals surface area contributed by atoms with E-state index in [1.54, 1.807) is 55.6 Å². The first-order valence-electron chi connectivity index (χ1n) is 12.9. The summed E-state index contributed by atoms with van der Waals surface area (Å²) in [5.74, 6) is -0.205. The second-order valence-corrected chi connectivity index (χ2v) is 12.6. The van der Waals surface area contributed by atoms with E-state index >= 15 is 0 Å². The van der Waals surface area contributed by atoms with Crippen LogP contribution in [0.5, 0.6) is 5.75 Å². The number of hydrogen-bond donors (Lipinski definition) is 1. The molecule has 2 amide bonds. The third-order valence-electron chi connectivity index (χ3n) is 6.10. The minimum atomic E-state index is -4.15. The summed E-state index contributed by atoms with van der Waals surface area (Å²) in [7, 11) is -2.59. The molecule has 1 atom stereocenters. The van der Waals surface area contributed by atoms with Gasteiger partial charge in [0.2, 0.25) is 11.8 Å². The van der Waals surface area contributed by atoms with Gasteiger partial charge in [-0.15, -0.1) is 0 Å². The Kier molecular flexibility index (Phi) is 10.2. The summed E-state index contributed by atoms with van der Waals surface area (Å²) in [6.07, 6.45) is 0.326. The van der Waals surface area contributed by atoms with Gasteiger partial charge in [-0.3, -0.25) is 13.9 Å². The fourth-order valence-corrected chi connectivity index (χ4v) is 5.79.